The van der Waals surface area contributed by atoms with Gasteiger partial charge in [-0.3, -0.25) is 4.79 Å². The minimum atomic E-state index is -0.761. The summed E-state index contributed by atoms with van der Waals surface area (Å²) >= 11 is 0. The van der Waals surface area contributed by atoms with Crippen LogP contribution < -0.4 is 11.1 Å². The van der Waals surface area contributed by atoms with Gasteiger partial charge in [-0.2, -0.15) is 5.26 Å². The first-order chi connectivity index (χ1) is 6.74. The lowest BCUT2D eigenvalue weighted by molar-refractivity contribution is -0.118. The first-order valence-corrected chi connectivity index (χ1v) is 3.87. The molecule has 1 heterocycles. The van der Waals surface area contributed by atoms with Crippen LogP contribution in [0.4, 0.5) is 5.95 Å². The van der Waals surface area contributed by atoms with E-state index in [1.807, 2.05) is 6.07 Å². The van der Waals surface area contributed by atoms with E-state index in [-0.39, 0.29) is 18.7 Å². The summed E-state index contributed by atoms with van der Waals surface area (Å²) in [7, 11) is 0. The SMILES string of the molecule is N#CC[C@@H](N)C(=O)CNc1nnn[nH]1. The Bertz CT molecular complexity index is 326. The molecule has 14 heavy (non-hydrogen) atoms. The average molecular weight is 195 g/mol. The fraction of sp³-hybridized carbons (Fsp3) is 0.500. The molecule has 0 saturated carbocycles. The van der Waals surface area contributed by atoms with E-state index < -0.39 is 6.04 Å². The van der Waals surface area contributed by atoms with Crippen molar-refractivity contribution in [1.82, 2.24) is 20.6 Å². The number of aromatic nitrogens is 4. The monoisotopic (exact) mass is 195 g/mol. The Morgan fingerprint density at radius 3 is 3.14 bits per heavy atom. The molecule has 0 aliphatic heterocycles. The Balaban J connectivity index is 2.32. The Morgan fingerprint density at radius 1 is 1.79 bits per heavy atom. The fourth-order valence-corrected chi connectivity index (χ4v) is 0.748. The summed E-state index contributed by atoms with van der Waals surface area (Å²) in [5.74, 6) is 0.0328. The second-order valence-corrected chi connectivity index (χ2v) is 2.54. The van der Waals surface area contributed by atoms with E-state index in [0.717, 1.165) is 0 Å². The summed E-state index contributed by atoms with van der Waals surface area (Å²) < 4.78 is 0. The van der Waals surface area contributed by atoms with Crippen molar-refractivity contribution in [3.8, 4) is 6.07 Å². The van der Waals surface area contributed by atoms with Gasteiger partial charge in [-0.1, -0.05) is 5.10 Å². The summed E-state index contributed by atoms with van der Waals surface area (Å²) in [5, 5.41) is 23.5. The number of aromatic amines is 1. The molecule has 74 valence electrons. The van der Waals surface area contributed by atoms with Crippen LogP contribution in [0, 0.1) is 11.3 Å². The van der Waals surface area contributed by atoms with Crippen molar-refractivity contribution in [3.63, 3.8) is 0 Å². The van der Waals surface area contributed by atoms with Gasteiger partial charge in [0.25, 0.3) is 0 Å². The number of rotatable bonds is 5. The zero-order valence-electron chi connectivity index (χ0n) is 7.27. The lowest BCUT2D eigenvalue weighted by Crippen LogP contribution is -2.34. The molecule has 1 aromatic heterocycles. The van der Waals surface area contributed by atoms with Gasteiger partial charge in [0.1, 0.15) is 0 Å². The number of carbonyl (C=O) groups is 1. The molecule has 0 amide bonds. The van der Waals surface area contributed by atoms with Gasteiger partial charge in [0.2, 0.25) is 5.95 Å². The van der Waals surface area contributed by atoms with Crippen LogP contribution in [-0.2, 0) is 4.79 Å². The summed E-state index contributed by atoms with van der Waals surface area (Å²) in [4.78, 5) is 11.2. The standard InChI is InChI=1S/C6H9N7O/c7-2-1-4(8)5(14)3-9-6-10-12-13-11-6/h4H,1,3,8H2,(H2,9,10,11,12,13)/t4-/m1/s1. The van der Waals surface area contributed by atoms with Gasteiger partial charge in [0, 0.05) is 0 Å². The van der Waals surface area contributed by atoms with Gasteiger partial charge in [0.05, 0.1) is 25.1 Å². The number of carbonyl (C=O) groups excluding carboxylic acids is 1. The van der Waals surface area contributed by atoms with Crippen molar-refractivity contribution in [2.24, 2.45) is 5.73 Å². The molecule has 0 aliphatic carbocycles. The van der Waals surface area contributed by atoms with Crippen LogP contribution in [0.25, 0.3) is 0 Å². The van der Waals surface area contributed by atoms with Gasteiger partial charge < -0.3 is 11.1 Å². The number of Topliss-reactive ketones (excluding diaryl/α,β-unsaturated/α-hetero) is 1. The lowest BCUT2D eigenvalue weighted by atomic mass is 10.1. The molecule has 4 N–H and O–H groups in total. The lowest BCUT2D eigenvalue weighted by Gasteiger charge is -2.05. The Kier molecular flexibility index (Phi) is 3.51. The molecule has 8 nitrogen and oxygen atoms in total. The van der Waals surface area contributed by atoms with Gasteiger partial charge in [-0.25, -0.2) is 5.10 Å². The number of anilines is 1. The highest BCUT2D eigenvalue weighted by molar-refractivity contribution is 5.87. The van der Waals surface area contributed by atoms with Crippen molar-refractivity contribution in [2.45, 2.75) is 12.5 Å². The van der Waals surface area contributed by atoms with E-state index in [4.69, 9.17) is 11.0 Å². The summed E-state index contributed by atoms with van der Waals surface area (Å²) in [5.41, 5.74) is 5.39. The molecular formula is C6H9N7O. The zero-order chi connectivity index (χ0) is 10.4. The number of nitrogens with zero attached hydrogens (tertiary/aromatic N) is 4. The minimum absolute atomic E-state index is 0.000278. The molecule has 0 fully saturated rings. The highest BCUT2D eigenvalue weighted by Crippen LogP contribution is 1.92. The number of hydrogen-bond acceptors (Lipinski definition) is 7. The first-order valence-electron chi connectivity index (χ1n) is 3.87. The van der Waals surface area contributed by atoms with Gasteiger partial charge >= 0.3 is 0 Å². The second-order valence-electron chi connectivity index (χ2n) is 2.54. The molecule has 1 atom stereocenters. The summed E-state index contributed by atoms with van der Waals surface area (Å²) in [6.07, 6.45) is 0.00910. The zero-order valence-corrected chi connectivity index (χ0v) is 7.27. The van der Waals surface area contributed by atoms with E-state index in [9.17, 15) is 4.79 Å². The number of hydrogen-bond donors (Lipinski definition) is 3. The number of tetrazole rings is 1. The van der Waals surface area contributed by atoms with E-state index in [0.29, 0.717) is 5.95 Å². The predicted octanol–water partition coefficient (Wildman–Crippen LogP) is -1.58. The molecule has 0 saturated heterocycles. The van der Waals surface area contributed by atoms with Crippen LogP contribution in [0.3, 0.4) is 0 Å². The number of H-pyrrole nitrogens is 1. The van der Waals surface area contributed by atoms with Crippen LogP contribution >= 0.6 is 0 Å². The molecule has 0 aliphatic rings. The van der Waals surface area contributed by atoms with E-state index in [1.54, 1.807) is 0 Å². The smallest absolute Gasteiger partial charge is 0.240 e. The molecule has 1 rings (SSSR count). The quantitative estimate of drug-likeness (QED) is 0.516. The highest BCUT2D eigenvalue weighted by atomic mass is 16.1. The van der Waals surface area contributed by atoms with Crippen LogP contribution in [0.5, 0.6) is 0 Å². The first kappa shape index (κ1) is 10.1. The maximum atomic E-state index is 11.2. The Hall–Kier alpha value is -2.01. The van der Waals surface area contributed by atoms with Crippen molar-refractivity contribution >= 4 is 11.7 Å². The third-order valence-corrected chi connectivity index (χ3v) is 1.50. The minimum Gasteiger partial charge on any atom is -0.346 e. The van der Waals surface area contributed by atoms with Crippen molar-refractivity contribution in [2.75, 3.05) is 11.9 Å². The van der Waals surface area contributed by atoms with Crippen LogP contribution in [-0.4, -0.2) is 39.0 Å². The van der Waals surface area contributed by atoms with Crippen LogP contribution in [0.15, 0.2) is 0 Å². The van der Waals surface area contributed by atoms with Crippen molar-refractivity contribution in [3.05, 3.63) is 0 Å². The molecule has 0 radical (unpaired) electrons. The van der Waals surface area contributed by atoms with E-state index >= 15 is 0 Å². The van der Waals surface area contributed by atoms with Gasteiger partial charge in [0.15, 0.2) is 5.78 Å². The molecule has 0 bridgehead atoms. The summed E-state index contributed by atoms with van der Waals surface area (Å²) in [6.45, 7) is -0.000278. The molecule has 0 unspecified atom stereocenters. The Morgan fingerprint density at radius 2 is 2.57 bits per heavy atom. The van der Waals surface area contributed by atoms with Crippen molar-refractivity contribution < 1.29 is 4.79 Å². The van der Waals surface area contributed by atoms with Gasteiger partial charge in [-0.15, -0.1) is 0 Å². The average Bonchev–Trinajstić information content (AvgIpc) is 2.67. The van der Waals surface area contributed by atoms with Crippen molar-refractivity contribution in [1.29, 1.82) is 5.26 Å². The highest BCUT2D eigenvalue weighted by Gasteiger charge is 2.12. The second kappa shape index (κ2) is 4.88. The number of nitrogens with one attached hydrogen (secondary N) is 2. The number of nitrogens with two attached hydrogens (primary N) is 1. The van der Waals surface area contributed by atoms with E-state index in [1.165, 1.54) is 0 Å². The third-order valence-electron chi connectivity index (χ3n) is 1.50. The maximum Gasteiger partial charge on any atom is 0.240 e. The van der Waals surface area contributed by atoms with Crippen LogP contribution in [0.2, 0.25) is 0 Å². The summed E-state index contributed by atoms with van der Waals surface area (Å²) in [6, 6.07) is 1.06. The third kappa shape index (κ3) is 2.80. The molecular weight excluding hydrogens is 186 g/mol. The maximum absolute atomic E-state index is 11.2. The molecule has 1 aromatic rings. The predicted molar refractivity (Wildman–Crippen MR) is 45.9 cm³/mol. The Labute approximate surface area is 79.5 Å². The number of nitriles is 1. The molecule has 8 heteroatoms. The van der Waals surface area contributed by atoms with Crippen LogP contribution in [0.1, 0.15) is 6.42 Å². The van der Waals surface area contributed by atoms with E-state index in [2.05, 4.69) is 25.9 Å². The normalized spacial score (nSPS) is 11.7. The number of ketones is 1. The topological polar surface area (TPSA) is 133 Å². The largest absolute Gasteiger partial charge is 0.346 e. The molecule has 0 spiro atoms. The van der Waals surface area contributed by atoms with Gasteiger partial charge in [-0.05, 0) is 10.4 Å². The fourth-order valence-electron chi connectivity index (χ4n) is 0.748. The molecule has 0 aromatic carbocycles.